The van der Waals surface area contributed by atoms with Gasteiger partial charge in [-0.2, -0.15) is 13.2 Å². The molecule has 110 valence electrons. The highest BCUT2D eigenvalue weighted by Gasteiger charge is 2.32. The van der Waals surface area contributed by atoms with E-state index in [4.69, 9.17) is 4.74 Å². The van der Waals surface area contributed by atoms with E-state index in [1.165, 1.54) is 18.2 Å². The smallest absolute Gasteiger partial charge is 0.418 e. The van der Waals surface area contributed by atoms with Crippen molar-refractivity contribution in [3.63, 3.8) is 0 Å². The largest absolute Gasteiger partial charge is 0.462 e. The second-order valence-electron chi connectivity index (χ2n) is 4.04. The molecule has 0 aromatic heterocycles. The van der Waals surface area contributed by atoms with E-state index in [1.807, 2.05) is 6.92 Å². The molecule has 0 saturated carbocycles. The van der Waals surface area contributed by atoms with Crippen molar-refractivity contribution in [2.45, 2.75) is 25.9 Å². The molecule has 1 rings (SSSR count). The predicted octanol–water partition coefficient (Wildman–Crippen LogP) is 3.97. The molecule has 0 unspecified atom stereocenters. The van der Waals surface area contributed by atoms with Crippen LogP contribution in [0.5, 0.6) is 0 Å². The van der Waals surface area contributed by atoms with Gasteiger partial charge in [-0.25, -0.2) is 4.79 Å². The second kappa shape index (κ2) is 7.57. The van der Waals surface area contributed by atoms with Crippen molar-refractivity contribution in [3.05, 3.63) is 42.1 Å². The lowest BCUT2D eigenvalue weighted by molar-refractivity contribution is -0.138. The fraction of sp³-hybridized carbons (Fsp3) is 0.357. The number of halogens is 3. The molecule has 6 heteroatoms. The van der Waals surface area contributed by atoms with Gasteiger partial charge in [0.25, 0.3) is 0 Å². The predicted molar refractivity (Wildman–Crippen MR) is 70.1 cm³/mol. The van der Waals surface area contributed by atoms with Crippen LogP contribution < -0.4 is 5.32 Å². The zero-order chi connectivity index (χ0) is 15.0. The summed E-state index contributed by atoms with van der Waals surface area (Å²) in [6.07, 6.45) is -0.598. The minimum atomic E-state index is -4.45. The Morgan fingerprint density at radius 2 is 2.05 bits per heavy atom. The van der Waals surface area contributed by atoms with E-state index in [-0.39, 0.29) is 5.69 Å². The molecular formula is C14H16F3NO2. The fourth-order valence-electron chi connectivity index (χ4n) is 1.42. The standard InChI is InChI=1S/C14H16F3NO2/c1-2-3-10-20-13(19)8-9-18-12-7-5-4-6-11(12)14(15,16)17/h4-9,18H,2-3,10H2,1H3/b9-8-. The molecule has 20 heavy (non-hydrogen) atoms. The average molecular weight is 287 g/mol. The van der Waals surface area contributed by atoms with Crippen molar-refractivity contribution in [2.75, 3.05) is 11.9 Å². The lowest BCUT2D eigenvalue weighted by atomic mass is 10.1. The number of carbonyl (C=O) groups excluding carboxylic acids is 1. The first-order valence-electron chi connectivity index (χ1n) is 6.21. The number of hydrogen-bond donors (Lipinski definition) is 1. The Morgan fingerprint density at radius 1 is 1.35 bits per heavy atom. The summed E-state index contributed by atoms with van der Waals surface area (Å²) >= 11 is 0. The Balaban J connectivity index is 2.60. The summed E-state index contributed by atoms with van der Waals surface area (Å²) in [4.78, 5) is 11.2. The van der Waals surface area contributed by atoms with Gasteiger partial charge in [0.2, 0.25) is 0 Å². The number of hydrogen-bond acceptors (Lipinski definition) is 3. The average Bonchev–Trinajstić information content (AvgIpc) is 2.38. The number of esters is 1. The molecule has 0 aliphatic heterocycles. The zero-order valence-corrected chi connectivity index (χ0v) is 11.0. The van der Waals surface area contributed by atoms with Crippen LogP contribution in [-0.4, -0.2) is 12.6 Å². The van der Waals surface area contributed by atoms with Crippen LogP contribution in [0.25, 0.3) is 0 Å². The maximum Gasteiger partial charge on any atom is 0.418 e. The van der Waals surface area contributed by atoms with E-state index < -0.39 is 17.7 Å². The Kier molecular flexibility index (Phi) is 6.09. The van der Waals surface area contributed by atoms with Crippen LogP contribution in [0.4, 0.5) is 18.9 Å². The minimum Gasteiger partial charge on any atom is -0.462 e. The third-order valence-electron chi connectivity index (χ3n) is 2.43. The summed E-state index contributed by atoms with van der Waals surface area (Å²) in [6, 6.07) is 5.03. The normalized spacial score (nSPS) is 11.6. The van der Waals surface area contributed by atoms with Crippen LogP contribution >= 0.6 is 0 Å². The van der Waals surface area contributed by atoms with Crippen molar-refractivity contribution in [3.8, 4) is 0 Å². The van der Waals surface area contributed by atoms with E-state index in [2.05, 4.69) is 5.32 Å². The van der Waals surface area contributed by atoms with Crippen LogP contribution in [0.2, 0.25) is 0 Å². The maximum absolute atomic E-state index is 12.7. The van der Waals surface area contributed by atoms with Gasteiger partial charge in [-0.1, -0.05) is 25.5 Å². The molecule has 0 aliphatic carbocycles. The monoisotopic (exact) mass is 287 g/mol. The van der Waals surface area contributed by atoms with E-state index in [0.29, 0.717) is 6.61 Å². The summed E-state index contributed by atoms with van der Waals surface area (Å²) < 4.78 is 42.9. The number of para-hydroxylation sites is 1. The first-order valence-corrected chi connectivity index (χ1v) is 6.21. The van der Waals surface area contributed by atoms with E-state index in [1.54, 1.807) is 0 Å². The van der Waals surface area contributed by atoms with Crippen molar-refractivity contribution in [2.24, 2.45) is 0 Å². The van der Waals surface area contributed by atoms with Gasteiger partial charge in [0, 0.05) is 12.3 Å². The number of carbonyl (C=O) groups is 1. The lowest BCUT2D eigenvalue weighted by Gasteiger charge is -2.11. The fourth-order valence-corrected chi connectivity index (χ4v) is 1.42. The number of ether oxygens (including phenoxy) is 1. The molecular weight excluding hydrogens is 271 g/mol. The molecule has 0 spiro atoms. The van der Waals surface area contributed by atoms with Gasteiger partial charge < -0.3 is 10.1 Å². The van der Waals surface area contributed by atoms with Gasteiger partial charge in [-0.15, -0.1) is 0 Å². The molecule has 1 aromatic carbocycles. The lowest BCUT2D eigenvalue weighted by Crippen LogP contribution is -2.08. The first-order chi connectivity index (χ1) is 9.45. The van der Waals surface area contributed by atoms with Crippen LogP contribution in [-0.2, 0) is 15.7 Å². The number of benzene rings is 1. The summed E-state index contributed by atoms with van der Waals surface area (Å²) in [6.45, 7) is 2.26. The number of alkyl halides is 3. The van der Waals surface area contributed by atoms with Gasteiger partial charge in [0.1, 0.15) is 0 Å². The maximum atomic E-state index is 12.7. The Morgan fingerprint density at radius 3 is 2.70 bits per heavy atom. The topological polar surface area (TPSA) is 38.3 Å². The van der Waals surface area contributed by atoms with Crippen molar-refractivity contribution < 1.29 is 22.7 Å². The van der Waals surface area contributed by atoms with Gasteiger partial charge in [0.15, 0.2) is 0 Å². The molecule has 0 fully saturated rings. The Labute approximate surface area is 115 Å². The van der Waals surface area contributed by atoms with Crippen molar-refractivity contribution in [1.82, 2.24) is 0 Å². The Bertz CT molecular complexity index is 470. The van der Waals surface area contributed by atoms with Crippen LogP contribution in [0.3, 0.4) is 0 Å². The molecule has 0 heterocycles. The summed E-state index contributed by atoms with van der Waals surface area (Å²) in [5.41, 5.74) is -0.901. The Hall–Kier alpha value is -1.98. The SMILES string of the molecule is CCCCOC(=O)/C=C\Nc1ccccc1C(F)(F)F. The number of anilines is 1. The van der Waals surface area contributed by atoms with Gasteiger partial charge in [-0.3, -0.25) is 0 Å². The van der Waals surface area contributed by atoms with Gasteiger partial charge >= 0.3 is 12.1 Å². The highest BCUT2D eigenvalue weighted by Crippen LogP contribution is 2.34. The molecule has 1 N–H and O–H groups in total. The quantitative estimate of drug-likeness (QED) is 0.488. The second-order valence-corrected chi connectivity index (χ2v) is 4.04. The third kappa shape index (κ3) is 5.34. The highest BCUT2D eigenvalue weighted by atomic mass is 19.4. The number of unbranched alkanes of at least 4 members (excludes halogenated alkanes) is 1. The van der Waals surface area contributed by atoms with E-state index >= 15 is 0 Å². The highest BCUT2D eigenvalue weighted by molar-refractivity contribution is 5.82. The van der Waals surface area contributed by atoms with Gasteiger partial charge in [-0.05, 0) is 18.6 Å². The minimum absolute atomic E-state index is 0.113. The van der Waals surface area contributed by atoms with Crippen LogP contribution in [0, 0.1) is 0 Å². The van der Waals surface area contributed by atoms with Gasteiger partial charge in [0.05, 0.1) is 17.9 Å². The molecule has 1 aromatic rings. The molecule has 0 aliphatic rings. The third-order valence-corrected chi connectivity index (χ3v) is 2.43. The van der Waals surface area contributed by atoms with Crippen LogP contribution in [0.1, 0.15) is 25.3 Å². The van der Waals surface area contributed by atoms with E-state index in [9.17, 15) is 18.0 Å². The van der Waals surface area contributed by atoms with E-state index in [0.717, 1.165) is 31.2 Å². The summed E-state index contributed by atoms with van der Waals surface area (Å²) in [7, 11) is 0. The van der Waals surface area contributed by atoms with Crippen molar-refractivity contribution >= 4 is 11.7 Å². The van der Waals surface area contributed by atoms with Crippen LogP contribution in [0.15, 0.2) is 36.5 Å². The number of nitrogens with one attached hydrogen (secondary N) is 1. The number of rotatable bonds is 6. The van der Waals surface area contributed by atoms with Crippen molar-refractivity contribution in [1.29, 1.82) is 0 Å². The molecule has 0 bridgehead atoms. The molecule has 0 radical (unpaired) electrons. The zero-order valence-electron chi connectivity index (χ0n) is 11.0. The molecule has 3 nitrogen and oxygen atoms in total. The first kappa shape index (κ1) is 16.1. The molecule has 0 amide bonds. The molecule has 0 atom stereocenters. The summed E-state index contributed by atoms with van der Waals surface area (Å²) in [5, 5.41) is 2.44. The summed E-state index contributed by atoms with van der Waals surface area (Å²) in [5.74, 6) is -0.588. The molecule has 0 saturated heterocycles.